The molecule has 1 aromatic rings. The molecule has 2 rings (SSSR count). The van der Waals surface area contributed by atoms with Gasteiger partial charge in [0.2, 0.25) is 5.91 Å². The largest absolute Gasteiger partial charge is 0.336 e. The summed E-state index contributed by atoms with van der Waals surface area (Å²) < 4.78 is 38.4. The summed E-state index contributed by atoms with van der Waals surface area (Å²) in [4.78, 5) is 14.2. The smallest absolute Gasteiger partial charge is 0.238 e. The molecule has 128 valence electrons. The van der Waals surface area contributed by atoms with Crippen molar-refractivity contribution in [3.8, 4) is 0 Å². The van der Waals surface area contributed by atoms with Crippen LogP contribution in [-0.4, -0.2) is 37.1 Å². The Kier molecular flexibility index (Phi) is 5.45. The van der Waals surface area contributed by atoms with Gasteiger partial charge in [-0.15, -0.1) is 0 Å². The molecule has 0 radical (unpaired) electrons. The highest BCUT2D eigenvalue weighted by Crippen LogP contribution is 2.26. The molecule has 1 saturated heterocycles. The standard InChI is InChI=1S/C17H24FNO3S/c1-12-6-4-7-13(2)19(12)17(20)11-23(21,22)14(3)15-8-5-9-16(18)10-15/h5,8-10,12-14H,4,6-7,11H2,1-3H3/t12-,13-,14-/m1/s1. The first-order valence-electron chi connectivity index (χ1n) is 8.00. The minimum atomic E-state index is -3.68. The van der Waals surface area contributed by atoms with E-state index in [4.69, 9.17) is 0 Å². The van der Waals surface area contributed by atoms with E-state index < -0.39 is 26.7 Å². The van der Waals surface area contributed by atoms with Crippen molar-refractivity contribution in [2.45, 2.75) is 57.4 Å². The van der Waals surface area contributed by atoms with Crippen molar-refractivity contribution in [2.24, 2.45) is 0 Å². The Morgan fingerprint density at radius 1 is 1.30 bits per heavy atom. The van der Waals surface area contributed by atoms with Crippen molar-refractivity contribution in [2.75, 3.05) is 5.75 Å². The fraction of sp³-hybridized carbons (Fsp3) is 0.588. The lowest BCUT2D eigenvalue weighted by Crippen LogP contribution is -2.49. The molecule has 0 saturated carbocycles. The molecule has 1 aliphatic rings. The van der Waals surface area contributed by atoms with Crippen LogP contribution in [0.4, 0.5) is 4.39 Å². The fourth-order valence-electron chi connectivity index (χ4n) is 3.25. The van der Waals surface area contributed by atoms with Crippen LogP contribution < -0.4 is 0 Å². The number of amides is 1. The minimum Gasteiger partial charge on any atom is -0.336 e. The number of rotatable bonds is 4. The van der Waals surface area contributed by atoms with Gasteiger partial charge in [0.15, 0.2) is 9.84 Å². The van der Waals surface area contributed by atoms with Gasteiger partial charge in [-0.1, -0.05) is 12.1 Å². The molecular weight excluding hydrogens is 317 g/mol. The molecule has 0 unspecified atom stereocenters. The predicted molar refractivity (Wildman–Crippen MR) is 88.2 cm³/mol. The number of benzene rings is 1. The van der Waals surface area contributed by atoms with E-state index in [1.807, 2.05) is 13.8 Å². The van der Waals surface area contributed by atoms with Crippen molar-refractivity contribution in [3.05, 3.63) is 35.6 Å². The zero-order valence-electron chi connectivity index (χ0n) is 13.8. The number of nitrogens with zero attached hydrogens (tertiary/aromatic N) is 1. The number of halogens is 1. The van der Waals surface area contributed by atoms with Gasteiger partial charge in [0.1, 0.15) is 11.6 Å². The molecule has 6 heteroatoms. The van der Waals surface area contributed by atoms with Crippen molar-refractivity contribution in [3.63, 3.8) is 0 Å². The van der Waals surface area contributed by atoms with Crippen molar-refractivity contribution >= 4 is 15.7 Å². The molecule has 23 heavy (non-hydrogen) atoms. The molecule has 0 bridgehead atoms. The Balaban J connectivity index is 2.15. The molecule has 1 amide bonds. The summed E-state index contributed by atoms with van der Waals surface area (Å²) >= 11 is 0. The topological polar surface area (TPSA) is 54.5 Å². The van der Waals surface area contributed by atoms with E-state index in [2.05, 4.69) is 0 Å². The van der Waals surface area contributed by atoms with Crippen molar-refractivity contribution in [1.82, 2.24) is 4.90 Å². The zero-order valence-corrected chi connectivity index (χ0v) is 14.6. The highest BCUT2D eigenvalue weighted by molar-refractivity contribution is 7.92. The monoisotopic (exact) mass is 341 g/mol. The lowest BCUT2D eigenvalue weighted by atomic mass is 9.98. The Morgan fingerprint density at radius 2 is 1.91 bits per heavy atom. The number of hydrogen-bond donors (Lipinski definition) is 0. The maximum absolute atomic E-state index is 13.3. The summed E-state index contributed by atoms with van der Waals surface area (Å²) in [6, 6.07) is 5.65. The second-order valence-electron chi connectivity index (χ2n) is 6.43. The van der Waals surface area contributed by atoms with E-state index in [1.54, 1.807) is 11.0 Å². The molecule has 1 aliphatic heterocycles. The first-order chi connectivity index (χ1) is 10.7. The first kappa shape index (κ1) is 17.9. The van der Waals surface area contributed by atoms with Gasteiger partial charge < -0.3 is 4.90 Å². The summed E-state index contributed by atoms with van der Waals surface area (Å²) in [7, 11) is -3.68. The number of piperidine rings is 1. The average Bonchev–Trinajstić information content (AvgIpc) is 2.45. The van der Waals surface area contributed by atoms with E-state index in [9.17, 15) is 17.6 Å². The van der Waals surface area contributed by atoms with E-state index in [0.29, 0.717) is 5.56 Å². The highest BCUT2D eigenvalue weighted by atomic mass is 32.2. The van der Waals surface area contributed by atoms with Crippen LogP contribution in [0, 0.1) is 5.82 Å². The van der Waals surface area contributed by atoms with Gasteiger partial charge in [0.05, 0.1) is 5.25 Å². The van der Waals surface area contributed by atoms with Crippen LogP contribution in [0.15, 0.2) is 24.3 Å². The number of likely N-dealkylation sites (tertiary alicyclic amines) is 1. The van der Waals surface area contributed by atoms with Gasteiger partial charge >= 0.3 is 0 Å². The van der Waals surface area contributed by atoms with Crippen LogP contribution in [0.25, 0.3) is 0 Å². The predicted octanol–water partition coefficient (Wildman–Crippen LogP) is 3.09. The molecule has 1 aromatic carbocycles. The lowest BCUT2D eigenvalue weighted by molar-refractivity contribution is -0.134. The first-order valence-corrected chi connectivity index (χ1v) is 9.72. The fourth-order valence-corrected chi connectivity index (χ4v) is 4.56. The third kappa shape index (κ3) is 4.10. The lowest BCUT2D eigenvalue weighted by Gasteiger charge is -2.39. The van der Waals surface area contributed by atoms with E-state index >= 15 is 0 Å². The number of carbonyl (C=O) groups excluding carboxylic acids is 1. The maximum Gasteiger partial charge on any atom is 0.238 e. The third-order valence-corrected chi connectivity index (χ3v) is 6.66. The van der Waals surface area contributed by atoms with Gasteiger partial charge in [0.25, 0.3) is 0 Å². The number of sulfone groups is 1. The molecule has 0 aromatic heterocycles. The van der Waals surface area contributed by atoms with Gasteiger partial charge in [-0.25, -0.2) is 12.8 Å². The SMILES string of the molecule is C[C@@H]1CCC[C@@H](C)N1C(=O)CS(=O)(=O)[C@H](C)c1cccc(F)c1. The van der Waals surface area contributed by atoms with Crippen LogP contribution in [0.2, 0.25) is 0 Å². The average molecular weight is 341 g/mol. The van der Waals surface area contributed by atoms with E-state index in [1.165, 1.54) is 25.1 Å². The molecule has 0 spiro atoms. The Bertz CT molecular complexity index is 664. The Hall–Kier alpha value is -1.43. The van der Waals surface area contributed by atoms with Crippen molar-refractivity contribution in [1.29, 1.82) is 0 Å². The van der Waals surface area contributed by atoms with Gasteiger partial charge in [0, 0.05) is 12.1 Å². The Labute approximate surface area is 137 Å². The summed E-state index contributed by atoms with van der Waals surface area (Å²) in [6.07, 6.45) is 2.85. The van der Waals surface area contributed by atoms with E-state index in [-0.39, 0.29) is 18.0 Å². The van der Waals surface area contributed by atoms with E-state index in [0.717, 1.165) is 19.3 Å². The molecule has 1 heterocycles. The van der Waals surface area contributed by atoms with Crippen LogP contribution in [0.1, 0.15) is 50.8 Å². The zero-order chi connectivity index (χ0) is 17.2. The second kappa shape index (κ2) is 6.99. The third-order valence-electron chi connectivity index (χ3n) is 4.66. The quantitative estimate of drug-likeness (QED) is 0.846. The van der Waals surface area contributed by atoms with Crippen LogP contribution in [-0.2, 0) is 14.6 Å². The molecule has 1 fully saturated rings. The molecular formula is C17H24FNO3S. The summed E-state index contributed by atoms with van der Waals surface area (Å²) in [5, 5.41) is -0.905. The molecule has 0 N–H and O–H groups in total. The van der Waals surface area contributed by atoms with Crippen molar-refractivity contribution < 1.29 is 17.6 Å². The minimum absolute atomic E-state index is 0.0610. The second-order valence-corrected chi connectivity index (χ2v) is 8.76. The van der Waals surface area contributed by atoms with Gasteiger partial charge in [-0.05, 0) is 57.7 Å². The van der Waals surface area contributed by atoms with Crippen LogP contribution in [0.3, 0.4) is 0 Å². The normalized spacial score (nSPS) is 23.6. The Morgan fingerprint density at radius 3 is 2.48 bits per heavy atom. The van der Waals surface area contributed by atoms with Crippen LogP contribution in [0.5, 0.6) is 0 Å². The molecule has 3 atom stereocenters. The number of hydrogen-bond acceptors (Lipinski definition) is 3. The van der Waals surface area contributed by atoms with Crippen LogP contribution >= 0.6 is 0 Å². The van der Waals surface area contributed by atoms with Gasteiger partial charge in [-0.3, -0.25) is 4.79 Å². The highest BCUT2D eigenvalue weighted by Gasteiger charge is 2.33. The maximum atomic E-state index is 13.3. The summed E-state index contributed by atoms with van der Waals surface area (Å²) in [6.45, 7) is 5.41. The molecule has 0 aliphatic carbocycles. The summed E-state index contributed by atoms with van der Waals surface area (Å²) in [5.41, 5.74) is 0.373. The van der Waals surface area contributed by atoms with Gasteiger partial charge in [-0.2, -0.15) is 0 Å². The molecule has 4 nitrogen and oxygen atoms in total. The summed E-state index contributed by atoms with van der Waals surface area (Å²) in [5.74, 6) is -1.36. The number of carbonyl (C=O) groups is 1.